The van der Waals surface area contributed by atoms with E-state index in [1.165, 1.54) is 6.08 Å². The van der Waals surface area contributed by atoms with Crippen molar-refractivity contribution in [3.63, 3.8) is 0 Å². The van der Waals surface area contributed by atoms with E-state index in [4.69, 9.17) is 0 Å². The molecule has 2 heteroatoms. The van der Waals surface area contributed by atoms with Crippen LogP contribution in [-0.4, -0.2) is 16.3 Å². The maximum absolute atomic E-state index is 10.0. The van der Waals surface area contributed by atoms with Crippen molar-refractivity contribution in [1.29, 1.82) is 0 Å². The van der Waals surface area contributed by atoms with E-state index in [1.807, 2.05) is 30.3 Å². The zero-order valence-electron chi connectivity index (χ0n) is 8.58. The highest BCUT2D eigenvalue weighted by Crippen LogP contribution is 2.25. The van der Waals surface area contributed by atoms with Gasteiger partial charge in [0.25, 0.3) is 0 Å². The van der Waals surface area contributed by atoms with Crippen molar-refractivity contribution in [2.75, 3.05) is 0 Å². The summed E-state index contributed by atoms with van der Waals surface area (Å²) in [7, 11) is 0. The molecule has 0 aromatic heterocycles. The van der Waals surface area contributed by atoms with Crippen LogP contribution < -0.4 is 0 Å². The second-order valence-electron chi connectivity index (χ2n) is 3.39. The summed E-state index contributed by atoms with van der Waals surface area (Å²) in [5.41, 5.74) is 0.767. The van der Waals surface area contributed by atoms with Crippen LogP contribution in [0.5, 0.6) is 0 Å². The molecule has 0 heterocycles. The van der Waals surface area contributed by atoms with E-state index in [0.29, 0.717) is 0 Å². The predicted octanol–water partition coefficient (Wildman–Crippen LogP) is 2.07. The molecule has 2 nitrogen and oxygen atoms in total. The largest absolute Gasteiger partial charge is 0.388 e. The summed E-state index contributed by atoms with van der Waals surface area (Å²) in [6.45, 7) is 7.11. The zero-order valence-corrected chi connectivity index (χ0v) is 8.58. The third-order valence-electron chi connectivity index (χ3n) is 2.41. The minimum atomic E-state index is -0.780. The lowest BCUT2D eigenvalue weighted by atomic mass is 9.91. The highest BCUT2D eigenvalue weighted by molar-refractivity contribution is 5.20. The SMILES string of the molecule is C=CC(O)C(C=C)C(O)c1ccccc1. The fourth-order valence-electron chi connectivity index (χ4n) is 1.48. The van der Waals surface area contributed by atoms with E-state index in [-0.39, 0.29) is 0 Å². The van der Waals surface area contributed by atoms with Gasteiger partial charge in [-0.3, -0.25) is 0 Å². The predicted molar refractivity (Wildman–Crippen MR) is 61.3 cm³/mol. The molecule has 0 spiro atoms. The summed E-state index contributed by atoms with van der Waals surface area (Å²) >= 11 is 0. The molecular formula is C13H16O2. The van der Waals surface area contributed by atoms with Crippen molar-refractivity contribution in [3.05, 3.63) is 61.2 Å². The van der Waals surface area contributed by atoms with Crippen LogP contribution >= 0.6 is 0 Å². The highest BCUT2D eigenvalue weighted by Gasteiger charge is 2.23. The molecule has 0 aliphatic heterocycles. The van der Waals surface area contributed by atoms with Gasteiger partial charge >= 0.3 is 0 Å². The summed E-state index contributed by atoms with van der Waals surface area (Å²) in [5.74, 6) is -0.426. The monoisotopic (exact) mass is 204 g/mol. The van der Waals surface area contributed by atoms with Crippen LogP contribution in [0.2, 0.25) is 0 Å². The lowest BCUT2D eigenvalue weighted by molar-refractivity contribution is 0.0600. The standard InChI is InChI=1S/C13H16O2/c1-3-11(12(14)4-2)13(15)10-8-6-5-7-9-10/h3-9,11-15H,1-2H2. The number of aliphatic hydroxyl groups excluding tert-OH is 2. The van der Waals surface area contributed by atoms with Crippen LogP contribution in [0.1, 0.15) is 11.7 Å². The van der Waals surface area contributed by atoms with Gasteiger partial charge in [0, 0.05) is 5.92 Å². The van der Waals surface area contributed by atoms with E-state index in [1.54, 1.807) is 6.08 Å². The average molecular weight is 204 g/mol. The van der Waals surface area contributed by atoms with Crippen LogP contribution in [-0.2, 0) is 0 Å². The Labute approximate surface area is 90.2 Å². The summed E-state index contributed by atoms with van der Waals surface area (Å²) in [4.78, 5) is 0. The number of hydrogen-bond donors (Lipinski definition) is 2. The molecule has 0 fully saturated rings. The van der Waals surface area contributed by atoms with E-state index >= 15 is 0 Å². The van der Waals surface area contributed by atoms with Gasteiger partial charge in [-0.15, -0.1) is 13.2 Å². The molecule has 0 aliphatic carbocycles. The molecule has 1 aromatic carbocycles. The van der Waals surface area contributed by atoms with Crippen molar-refractivity contribution >= 4 is 0 Å². The number of hydrogen-bond acceptors (Lipinski definition) is 2. The van der Waals surface area contributed by atoms with E-state index in [2.05, 4.69) is 13.2 Å². The van der Waals surface area contributed by atoms with Crippen LogP contribution in [0.15, 0.2) is 55.6 Å². The van der Waals surface area contributed by atoms with Gasteiger partial charge in [0.05, 0.1) is 12.2 Å². The van der Waals surface area contributed by atoms with Crippen molar-refractivity contribution in [2.45, 2.75) is 12.2 Å². The molecule has 0 radical (unpaired) electrons. The number of aliphatic hydroxyl groups is 2. The molecule has 3 atom stereocenters. The molecule has 2 N–H and O–H groups in total. The fourth-order valence-corrected chi connectivity index (χ4v) is 1.48. The van der Waals surface area contributed by atoms with Gasteiger partial charge in [-0.2, -0.15) is 0 Å². The molecule has 80 valence electrons. The molecule has 1 rings (SSSR count). The summed E-state index contributed by atoms with van der Waals surface area (Å²) in [6, 6.07) is 9.20. The highest BCUT2D eigenvalue weighted by atomic mass is 16.3. The first-order chi connectivity index (χ1) is 7.20. The van der Waals surface area contributed by atoms with Crippen molar-refractivity contribution in [2.24, 2.45) is 5.92 Å². The maximum atomic E-state index is 10.0. The molecule has 0 bridgehead atoms. The molecule has 0 saturated carbocycles. The Morgan fingerprint density at radius 2 is 1.60 bits per heavy atom. The molecular weight excluding hydrogens is 188 g/mol. The maximum Gasteiger partial charge on any atom is 0.0880 e. The molecule has 3 unspecified atom stereocenters. The van der Waals surface area contributed by atoms with Crippen LogP contribution in [0.25, 0.3) is 0 Å². The van der Waals surface area contributed by atoms with Gasteiger partial charge in [0.2, 0.25) is 0 Å². The van der Waals surface area contributed by atoms with Gasteiger partial charge in [0.15, 0.2) is 0 Å². The molecule has 15 heavy (non-hydrogen) atoms. The van der Waals surface area contributed by atoms with Crippen LogP contribution in [0.4, 0.5) is 0 Å². The molecule has 1 aromatic rings. The Morgan fingerprint density at radius 1 is 1.00 bits per heavy atom. The van der Waals surface area contributed by atoms with Crippen molar-refractivity contribution in [1.82, 2.24) is 0 Å². The van der Waals surface area contributed by atoms with Crippen LogP contribution in [0.3, 0.4) is 0 Å². The van der Waals surface area contributed by atoms with Crippen LogP contribution in [0, 0.1) is 5.92 Å². The minimum absolute atomic E-state index is 0.426. The van der Waals surface area contributed by atoms with Gasteiger partial charge in [-0.1, -0.05) is 42.5 Å². The lowest BCUT2D eigenvalue weighted by Crippen LogP contribution is -2.22. The minimum Gasteiger partial charge on any atom is -0.388 e. The second kappa shape index (κ2) is 5.49. The Bertz CT molecular complexity index is 319. The fraction of sp³-hybridized carbons (Fsp3) is 0.231. The smallest absolute Gasteiger partial charge is 0.0880 e. The van der Waals surface area contributed by atoms with Crippen molar-refractivity contribution in [3.8, 4) is 0 Å². The topological polar surface area (TPSA) is 40.5 Å². The molecule has 0 aliphatic rings. The van der Waals surface area contributed by atoms with Crippen molar-refractivity contribution < 1.29 is 10.2 Å². The third-order valence-corrected chi connectivity index (χ3v) is 2.41. The first kappa shape index (κ1) is 11.7. The Hall–Kier alpha value is -1.38. The Kier molecular flexibility index (Phi) is 4.28. The molecule has 0 amide bonds. The van der Waals surface area contributed by atoms with Gasteiger partial charge in [0.1, 0.15) is 0 Å². The Morgan fingerprint density at radius 3 is 2.07 bits per heavy atom. The van der Waals surface area contributed by atoms with E-state index in [9.17, 15) is 10.2 Å². The van der Waals surface area contributed by atoms with E-state index < -0.39 is 18.1 Å². The lowest BCUT2D eigenvalue weighted by Gasteiger charge is -2.22. The average Bonchev–Trinajstić information content (AvgIpc) is 2.30. The van der Waals surface area contributed by atoms with E-state index in [0.717, 1.165) is 5.56 Å². The summed E-state index contributed by atoms with van der Waals surface area (Å²) < 4.78 is 0. The first-order valence-electron chi connectivity index (χ1n) is 4.87. The van der Waals surface area contributed by atoms with Gasteiger partial charge < -0.3 is 10.2 Å². The normalized spacial score (nSPS) is 16.4. The van der Waals surface area contributed by atoms with Gasteiger partial charge in [-0.25, -0.2) is 0 Å². The summed E-state index contributed by atoms with van der Waals surface area (Å²) in [5, 5.41) is 19.6. The quantitative estimate of drug-likeness (QED) is 0.721. The second-order valence-corrected chi connectivity index (χ2v) is 3.39. The molecule has 0 saturated heterocycles. The summed E-state index contributed by atoms with van der Waals surface area (Å²) in [6.07, 6.45) is 1.41. The zero-order chi connectivity index (χ0) is 11.3. The first-order valence-corrected chi connectivity index (χ1v) is 4.87. The number of rotatable bonds is 5. The van der Waals surface area contributed by atoms with Gasteiger partial charge in [-0.05, 0) is 5.56 Å². The Balaban J connectivity index is 2.86. The number of benzene rings is 1. The third kappa shape index (κ3) is 2.78.